The number of aldehydes is 1. The van der Waals surface area contributed by atoms with E-state index in [0.717, 1.165) is 0 Å². The maximum Gasteiger partial charge on any atom is 0.336 e. The minimum Gasteiger partial charge on any atom is -0.423 e. The van der Waals surface area contributed by atoms with Gasteiger partial charge in [-0.3, -0.25) is 4.79 Å². The second kappa shape index (κ2) is 2.96. The number of carbonyl (C=O) groups excluding carboxylic acids is 1. The molecule has 11 heavy (non-hydrogen) atoms. The molecule has 0 bridgehead atoms. The molecule has 3 nitrogen and oxygen atoms in total. The highest BCUT2D eigenvalue weighted by atomic mass is 16.4. The molecule has 0 fully saturated rings. The number of rotatable bonds is 2. The van der Waals surface area contributed by atoms with E-state index in [-0.39, 0.29) is 5.76 Å². The Morgan fingerprint density at radius 1 is 1.45 bits per heavy atom. The van der Waals surface area contributed by atoms with Crippen LogP contribution >= 0.6 is 0 Å². The summed E-state index contributed by atoms with van der Waals surface area (Å²) < 4.78 is 4.64. The van der Waals surface area contributed by atoms with Crippen molar-refractivity contribution in [2.75, 3.05) is 0 Å². The van der Waals surface area contributed by atoms with Crippen molar-refractivity contribution in [1.29, 1.82) is 0 Å². The van der Waals surface area contributed by atoms with E-state index in [1.807, 2.05) is 0 Å². The topological polar surface area (TPSA) is 47.3 Å². The molecular formula is C8H6O3. The van der Waals surface area contributed by atoms with E-state index in [4.69, 9.17) is 0 Å². The summed E-state index contributed by atoms with van der Waals surface area (Å²) in [6.45, 7) is 3.39. The minimum atomic E-state index is -0.481. The zero-order valence-corrected chi connectivity index (χ0v) is 5.74. The molecule has 56 valence electrons. The van der Waals surface area contributed by atoms with Crippen molar-refractivity contribution in [1.82, 2.24) is 0 Å². The molecule has 0 aliphatic carbocycles. The van der Waals surface area contributed by atoms with E-state index in [9.17, 15) is 9.59 Å². The molecule has 0 aliphatic heterocycles. The van der Waals surface area contributed by atoms with Crippen molar-refractivity contribution in [2.45, 2.75) is 0 Å². The van der Waals surface area contributed by atoms with Crippen LogP contribution in [-0.2, 0) is 0 Å². The molecule has 1 rings (SSSR count). The monoisotopic (exact) mass is 150 g/mol. The maximum atomic E-state index is 10.6. The third-order valence-corrected chi connectivity index (χ3v) is 1.21. The molecule has 1 aromatic rings. The molecule has 3 heteroatoms. The van der Waals surface area contributed by atoms with Crippen molar-refractivity contribution in [2.24, 2.45) is 0 Å². The van der Waals surface area contributed by atoms with E-state index >= 15 is 0 Å². The van der Waals surface area contributed by atoms with E-state index < -0.39 is 5.63 Å². The largest absolute Gasteiger partial charge is 0.423 e. The average molecular weight is 150 g/mol. The normalized spacial score (nSPS) is 9.09. The predicted octanol–water partition coefficient (Wildman–Crippen LogP) is 1.10. The summed E-state index contributed by atoms with van der Waals surface area (Å²) in [5.41, 5.74) is -0.148. The summed E-state index contributed by atoms with van der Waals surface area (Å²) in [6.07, 6.45) is 1.94. The maximum absolute atomic E-state index is 10.6. The van der Waals surface area contributed by atoms with Crippen LogP contribution in [0.1, 0.15) is 16.1 Å². The molecule has 0 amide bonds. The van der Waals surface area contributed by atoms with Crippen LogP contribution in [0.15, 0.2) is 27.9 Å². The fraction of sp³-hybridized carbons (Fsp3) is 0. The number of carbonyl (C=O) groups is 1. The Bertz CT molecular complexity index is 335. The quantitative estimate of drug-likeness (QED) is 0.593. The Balaban J connectivity index is 3.38. The van der Waals surface area contributed by atoms with Crippen LogP contribution in [-0.4, -0.2) is 6.29 Å². The molecular weight excluding hydrogens is 144 g/mol. The van der Waals surface area contributed by atoms with Crippen molar-refractivity contribution in [3.05, 3.63) is 40.5 Å². The standard InChI is InChI=1S/C8H6O3/c1-2-7-6(5-9)3-4-8(10)11-7/h2-5H,1H2. The van der Waals surface area contributed by atoms with Gasteiger partial charge in [-0.05, 0) is 12.1 Å². The molecule has 0 unspecified atom stereocenters. The van der Waals surface area contributed by atoms with Gasteiger partial charge in [-0.2, -0.15) is 0 Å². The van der Waals surface area contributed by atoms with E-state index in [1.54, 1.807) is 0 Å². The van der Waals surface area contributed by atoms with Crippen LogP contribution in [0.5, 0.6) is 0 Å². The molecule has 0 spiro atoms. The molecule has 0 saturated carbocycles. The van der Waals surface area contributed by atoms with Crippen LogP contribution in [0.4, 0.5) is 0 Å². The summed E-state index contributed by atoms with van der Waals surface area (Å²) in [6, 6.07) is 2.59. The second-order valence-electron chi connectivity index (χ2n) is 1.90. The Kier molecular flexibility index (Phi) is 2.01. The fourth-order valence-electron chi connectivity index (χ4n) is 0.698. The molecule has 0 aromatic carbocycles. The smallest absolute Gasteiger partial charge is 0.336 e. The lowest BCUT2D eigenvalue weighted by molar-refractivity contribution is 0.112. The van der Waals surface area contributed by atoms with Crippen LogP contribution in [0.25, 0.3) is 6.08 Å². The van der Waals surface area contributed by atoms with E-state index in [0.29, 0.717) is 11.8 Å². The van der Waals surface area contributed by atoms with Crippen LogP contribution < -0.4 is 5.63 Å². The van der Waals surface area contributed by atoms with Gasteiger partial charge in [-0.15, -0.1) is 0 Å². The average Bonchev–Trinajstić information content (AvgIpc) is 2.04. The highest BCUT2D eigenvalue weighted by Gasteiger charge is 1.99. The lowest BCUT2D eigenvalue weighted by Gasteiger charge is -1.92. The third-order valence-electron chi connectivity index (χ3n) is 1.21. The van der Waals surface area contributed by atoms with Crippen LogP contribution in [0, 0.1) is 0 Å². The lowest BCUT2D eigenvalue weighted by atomic mass is 10.2. The van der Waals surface area contributed by atoms with Gasteiger partial charge < -0.3 is 4.42 Å². The predicted molar refractivity (Wildman–Crippen MR) is 40.5 cm³/mol. The SMILES string of the molecule is C=Cc1oc(=O)ccc1C=O. The molecule has 0 N–H and O–H groups in total. The second-order valence-corrected chi connectivity index (χ2v) is 1.90. The minimum absolute atomic E-state index is 0.215. The van der Waals surface area contributed by atoms with Crippen molar-refractivity contribution < 1.29 is 9.21 Å². The summed E-state index contributed by atoms with van der Waals surface area (Å²) in [5.74, 6) is 0.215. The molecule has 0 atom stereocenters. The summed E-state index contributed by atoms with van der Waals surface area (Å²) in [5, 5.41) is 0. The molecule has 1 aromatic heterocycles. The van der Waals surface area contributed by atoms with Gasteiger partial charge in [0.25, 0.3) is 0 Å². The van der Waals surface area contributed by atoms with Gasteiger partial charge in [0.15, 0.2) is 6.29 Å². The first-order valence-electron chi connectivity index (χ1n) is 2.99. The van der Waals surface area contributed by atoms with Gasteiger partial charge >= 0.3 is 5.63 Å². The Morgan fingerprint density at radius 2 is 2.18 bits per heavy atom. The highest BCUT2D eigenvalue weighted by molar-refractivity contribution is 5.79. The van der Waals surface area contributed by atoms with E-state index in [2.05, 4.69) is 11.0 Å². The number of hydrogen-bond donors (Lipinski definition) is 0. The van der Waals surface area contributed by atoms with Crippen molar-refractivity contribution in [3.63, 3.8) is 0 Å². The van der Waals surface area contributed by atoms with Gasteiger partial charge in [0, 0.05) is 6.07 Å². The van der Waals surface area contributed by atoms with Crippen molar-refractivity contribution in [3.8, 4) is 0 Å². The highest BCUT2D eigenvalue weighted by Crippen LogP contribution is 2.03. The summed E-state index contributed by atoms with van der Waals surface area (Å²) in [7, 11) is 0. The molecule has 1 heterocycles. The Hall–Kier alpha value is -1.64. The van der Waals surface area contributed by atoms with Gasteiger partial charge in [-0.25, -0.2) is 4.79 Å². The lowest BCUT2D eigenvalue weighted by Crippen LogP contribution is -1.99. The van der Waals surface area contributed by atoms with Gasteiger partial charge in [-0.1, -0.05) is 6.58 Å². The Labute approximate surface area is 63.0 Å². The first kappa shape index (κ1) is 7.47. The van der Waals surface area contributed by atoms with Gasteiger partial charge in [0.05, 0.1) is 5.56 Å². The number of hydrogen-bond acceptors (Lipinski definition) is 3. The van der Waals surface area contributed by atoms with Crippen molar-refractivity contribution >= 4 is 12.4 Å². The first-order valence-corrected chi connectivity index (χ1v) is 2.99. The van der Waals surface area contributed by atoms with E-state index in [1.165, 1.54) is 18.2 Å². The zero-order chi connectivity index (χ0) is 8.27. The fourth-order valence-corrected chi connectivity index (χ4v) is 0.698. The van der Waals surface area contributed by atoms with Gasteiger partial charge in [0.1, 0.15) is 5.76 Å². The Morgan fingerprint density at radius 3 is 2.73 bits per heavy atom. The first-order chi connectivity index (χ1) is 5.27. The molecule has 0 radical (unpaired) electrons. The zero-order valence-electron chi connectivity index (χ0n) is 5.74. The molecule has 0 saturated heterocycles. The van der Waals surface area contributed by atoms with Gasteiger partial charge in [0.2, 0.25) is 0 Å². The molecule has 0 aliphatic rings. The van der Waals surface area contributed by atoms with Crippen LogP contribution in [0.2, 0.25) is 0 Å². The summed E-state index contributed by atoms with van der Waals surface area (Å²) >= 11 is 0. The third kappa shape index (κ3) is 1.43. The van der Waals surface area contributed by atoms with Crippen LogP contribution in [0.3, 0.4) is 0 Å². The summed E-state index contributed by atoms with van der Waals surface area (Å²) in [4.78, 5) is 20.9.